The highest BCUT2D eigenvalue weighted by molar-refractivity contribution is 5.76. The molecule has 1 amide bonds. The van der Waals surface area contributed by atoms with Gasteiger partial charge in [0.1, 0.15) is 13.2 Å². The molecule has 7 nitrogen and oxygen atoms in total. The molecule has 0 N–H and O–H groups in total. The highest BCUT2D eigenvalue weighted by atomic mass is 16.5. The Balaban J connectivity index is 5.18. The first kappa shape index (κ1) is 47.4. The Labute approximate surface area is 304 Å². The van der Waals surface area contributed by atoms with Crippen LogP contribution in [-0.2, 0) is 23.9 Å². The third-order valence-corrected chi connectivity index (χ3v) is 9.85. The number of rotatable bonds is 36. The summed E-state index contributed by atoms with van der Waals surface area (Å²) in [5, 5.41) is 0. The van der Waals surface area contributed by atoms with Crippen LogP contribution in [0.4, 0.5) is 0 Å². The Kier molecular flexibility index (Phi) is 33.6. The predicted octanol–water partition coefficient (Wildman–Crippen LogP) is 10.9. The van der Waals surface area contributed by atoms with E-state index in [1.165, 1.54) is 103 Å². The molecular weight excluding hydrogens is 612 g/mol. The van der Waals surface area contributed by atoms with Gasteiger partial charge in [-0.15, -0.1) is 0 Å². The van der Waals surface area contributed by atoms with E-state index in [9.17, 15) is 14.4 Å². The molecule has 0 saturated carbocycles. The molecule has 7 heteroatoms. The van der Waals surface area contributed by atoms with Crippen LogP contribution in [0, 0.1) is 11.8 Å². The molecule has 49 heavy (non-hydrogen) atoms. The van der Waals surface area contributed by atoms with Gasteiger partial charge in [0, 0.05) is 6.42 Å². The number of esters is 2. The van der Waals surface area contributed by atoms with Crippen molar-refractivity contribution in [3.63, 3.8) is 0 Å². The maximum Gasteiger partial charge on any atom is 0.308 e. The van der Waals surface area contributed by atoms with E-state index in [4.69, 9.17) is 9.47 Å². The molecule has 0 aliphatic carbocycles. The fourth-order valence-corrected chi connectivity index (χ4v) is 6.55. The quantitative estimate of drug-likeness (QED) is 0.0480. The minimum Gasteiger partial charge on any atom is -0.464 e. The summed E-state index contributed by atoms with van der Waals surface area (Å²) < 4.78 is 11.7. The van der Waals surface area contributed by atoms with Crippen molar-refractivity contribution < 1.29 is 23.9 Å². The van der Waals surface area contributed by atoms with Crippen molar-refractivity contribution in [2.75, 3.05) is 46.9 Å². The lowest BCUT2D eigenvalue weighted by molar-refractivity contribution is -0.152. The van der Waals surface area contributed by atoms with Crippen LogP contribution in [0.2, 0.25) is 0 Å². The molecular formula is C42H82N2O5. The minimum absolute atomic E-state index is 0.0285. The van der Waals surface area contributed by atoms with Crippen molar-refractivity contribution in [1.29, 1.82) is 0 Å². The summed E-state index contributed by atoms with van der Waals surface area (Å²) in [4.78, 5) is 43.6. The van der Waals surface area contributed by atoms with Crippen molar-refractivity contribution in [1.82, 2.24) is 9.80 Å². The highest BCUT2D eigenvalue weighted by Crippen LogP contribution is 2.22. The number of carbonyl (C=O) groups excluding carboxylic acids is 3. The highest BCUT2D eigenvalue weighted by Gasteiger charge is 2.23. The largest absolute Gasteiger partial charge is 0.464 e. The van der Waals surface area contributed by atoms with Gasteiger partial charge >= 0.3 is 11.9 Å². The monoisotopic (exact) mass is 695 g/mol. The maximum atomic E-state index is 13.3. The first-order valence-corrected chi connectivity index (χ1v) is 21.1. The van der Waals surface area contributed by atoms with Gasteiger partial charge in [-0.25, -0.2) is 0 Å². The normalized spacial score (nSPS) is 11.5. The number of hydrogen-bond acceptors (Lipinski definition) is 6. The van der Waals surface area contributed by atoms with Crippen molar-refractivity contribution in [3.8, 4) is 0 Å². The van der Waals surface area contributed by atoms with Crippen LogP contribution in [-0.4, -0.2) is 74.6 Å². The zero-order chi connectivity index (χ0) is 36.4. The van der Waals surface area contributed by atoms with Crippen molar-refractivity contribution >= 4 is 17.8 Å². The summed E-state index contributed by atoms with van der Waals surface area (Å²) in [5.74, 6) is -0.319. The summed E-state index contributed by atoms with van der Waals surface area (Å²) >= 11 is 0. The number of hydrogen-bond donors (Lipinski definition) is 0. The topological polar surface area (TPSA) is 76.1 Å². The van der Waals surface area contributed by atoms with Crippen LogP contribution in [0.15, 0.2) is 0 Å². The third-order valence-electron chi connectivity index (χ3n) is 9.85. The smallest absolute Gasteiger partial charge is 0.308 e. The standard InChI is InChI=1S/C42H82N2O5/c1-7-11-15-19-23-28-38(29-24-20-16-12-8-2)41(46)48-36-34-44(40(45)32-27-33-43(5)6)35-37-49-42(47)39(30-25-21-17-13-9-3)31-26-22-18-14-10-4/h38-39H,7-37H2,1-6H3. The second kappa shape index (κ2) is 34.8. The molecule has 0 unspecified atom stereocenters. The number of amides is 1. The SMILES string of the molecule is CCCCCCCC(CCCCCCC)C(=O)OCCN(CCOC(=O)C(CCCCCCC)CCCCCCC)C(=O)CCCN(C)C. The molecule has 0 aromatic carbocycles. The Bertz CT molecular complexity index is 696. The molecule has 290 valence electrons. The summed E-state index contributed by atoms with van der Waals surface area (Å²) in [6.45, 7) is 10.8. The van der Waals surface area contributed by atoms with Gasteiger partial charge in [0.2, 0.25) is 5.91 Å². The fourth-order valence-electron chi connectivity index (χ4n) is 6.55. The van der Waals surface area contributed by atoms with Gasteiger partial charge in [-0.2, -0.15) is 0 Å². The van der Waals surface area contributed by atoms with E-state index in [0.29, 0.717) is 19.5 Å². The number of nitrogens with zero attached hydrogens (tertiary/aromatic N) is 2. The molecule has 0 aromatic heterocycles. The Hall–Kier alpha value is -1.63. The Morgan fingerprint density at radius 3 is 1.08 bits per heavy atom. The van der Waals surface area contributed by atoms with Gasteiger partial charge in [0.15, 0.2) is 0 Å². The van der Waals surface area contributed by atoms with E-state index >= 15 is 0 Å². The molecule has 0 atom stereocenters. The second-order valence-electron chi connectivity index (χ2n) is 14.8. The van der Waals surface area contributed by atoms with Crippen LogP contribution in [0.3, 0.4) is 0 Å². The lowest BCUT2D eigenvalue weighted by Gasteiger charge is -2.24. The average molecular weight is 695 g/mol. The first-order valence-electron chi connectivity index (χ1n) is 21.1. The molecule has 0 saturated heterocycles. The maximum absolute atomic E-state index is 13.3. The van der Waals surface area contributed by atoms with Crippen LogP contribution in [0.5, 0.6) is 0 Å². The van der Waals surface area contributed by atoms with E-state index in [1.807, 2.05) is 14.1 Å². The van der Waals surface area contributed by atoms with Crippen molar-refractivity contribution in [2.45, 2.75) is 195 Å². The van der Waals surface area contributed by atoms with Crippen LogP contribution in [0.1, 0.15) is 195 Å². The van der Waals surface area contributed by atoms with Crippen molar-refractivity contribution in [2.24, 2.45) is 11.8 Å². The molecule has 0 fully saturated rings. The number of unbranched alkanes of at least 4 members (excludes halogenated alkanes) is 16. The van der Waals surface area contributed by atoms with E-state index in [1.54, 1.807) is 4.90 Å². The Morgan fingerprint density at radius 1 is 0.449 bits per heavy atom. The van der Waals surface area contributed by atoms with Gasteiger partial charge in [0.05, 0.1) is 24.9 Å². The van der Waals surface area contributed by atoms with Crippen LogP contribution >= 0.6 is 0 Å². The van der Waals surface area contributed by atoms with E-state index in [0.717, 1.165) is 64.3 Å². The molecule has 0 bridgehead atoms. The van der Waals surface area contributed by atoms with Gasteiger partial charge in [-0.05, 0) is 52.7 Å². The minimum atomic E-state index is -0.113. The molecule has 0 aliphatic rings. The molecule has 0 rings (SSSR count). The van der Waals surface area contributed by atoms with Crippen molar-refractivity contribution in [3.05, 3.63) is 0 Å². The fraction of sp³-hybridized carbons (Fsp3) is 0.929. The zero-order valence-corrected chi connectivity index (χ0v) is 33.5. The van der Waals surface area contributed by atoms with Crippen LogP contribution in [0.25, 0.3) is 0 Å². The molecule has 0 heterocycles. The predicted molar refractivity (Wildman–Crippen MR) is 207 cm³/mol. The molecule has 0 aliphatic heterocycles. The molecule has 0 spiro atoms. The summed E-state index contributed by atoms with van der Waals surface area (Å²) in [6.07, 6.45) is 28.4. The van der Waals surface area contributed by atoms with Gasteiger partial charge < -0.3 is 19.3 Å². The van der Waals surface area contributed by atoms with Crippen LogP contribution < -0.4 is 0 Å². The summed E-state index contributed by atoms with van der Waals surface area (Å²) in [6, 6.07) is 0. The molecule has 0 radical (unpaired) electrons. The lowest BCUT2D eigenvalue weighted by Crippen LogP contribution is -2.38. The van der Waals surface area contributed by atoms with E-state index in [2.05, 4.69) is 32.6 Å². The van der Waals surface area contributed by atoms with E-state index < -0.39 is 0 Å². The Morgan fingerprint density at radius 2 is 0.776 bits per heavy atom. The second-order valence-corrected chi connectivity index (χ2v) is 14.8. The van der Waals surface area contributed by atoms with Gasteiger partial charge in [-0.3, -0.25) is 14.4 Å². The van der Waals surface area contributed by atoms with E-state index in [-0.39, 0.29) is 42.9 Å². The number of carbonyl (C=O) groups is 3. The summed E-state index contributed by atoms with van der Waals surface area (Å²) in [7, 11) is 4.02. The van der Waals surface area contributed by atoms with Gasteiger partial charge in [-0.1, -0.05) is 156 Å². The zero-order valence-electron chi connectivity index (χ0n) is 33.5. The number of ether oxygens (including phenoxy) is 2. The molecule has 0 aromatic rings. The van der Waals surface area contributed by atoms with Gasteiger partial charge in [0.25, 0.3) is 0 Å². The first-order chi connectivity index (χ1) is 23.8. The summed E-state index contributed by atoms with van der Waals surface area (Å²) in [5.41, 5.74) is 0. The third kappa shape index (κ3) is 28.7. The average Bonchev–Trinajstić information content (AvgIpc) is 3.08. The lowest BCUT2D eigenvalue weighted by atomic mass is 9.94.